The van der Waals surface area contributed by atoms with Gasteiger partial charge in [0.1, 0.15) is 5.03 Å². The molecule has 0 saturated heterocycles. The van der Waals surface area contributed by atoms with Crippen LogP contribution in [0.3, 0.4) is 0 Å². The molecule has 0 fully saturated rings. The van der Waals surface area contributed by atoms with Crippen molar-refractivity contribution in [1.29, 1.82) is 0 Å². The fourth-order valence-electron chi connectivity index (χ4n) is 3.56. The Kier molecular flexibility index (Phi) is 9.69. The highest BCUT2D eigenvalue weighted by Gasteiger charge is 2.15. The molecule has 0 saturated carbocycles. The Morgan fingerprint density at radius 3 is 2.42 bits per heavy atom. The van der Waals surface area contributed by atoms with Gasteiger partial charge in [-0.25, -0.2) is 4.98 Å². The first-order valence-corrected chi connectivity index (χ1v) is 13.4. The van der Waals surface area contributed by atoms with Crippen molar-refractivity contribution in [3.8, 4) is 0 Å². The maximum absolute atomic E-state index is 6.30. The highest BCUT2D eigenvalue weighted by molar-refractivity contribution is 7.99. The zero-order chi connectivity index (χ0) is 23.8. The SMILES string of the molecule is CC.CCc1c(C(C)NSc2ccc3c(Cl)cccc3c2)ccnc1Sc1ccc(C)cc1. The second-order valence-electron chi connectivity index (χ2n) is 7.52. The summed E-state index contributed by atoms with van der Waals surface area (Å²) >= 11 is 9.69. The van der Waals surface area contributed by atoms with Gasteiger partial charge in [-0.2, -0.15) is 0 Å². The standard InChI is InChI=1S/C26H25ClN2S2.C2H6/c1-4-22-23(14-15-28-26(22)30-20-10-8-17(2)9-11-20)18(3)29-31-21-12-13-24-19(16-21)6-5-7-25(24)27;1-2/h5-16,18,29H,4H2,1-3H3;1-2H3. The largest absolute Gasteiger partial charge is 0.253 e. The number of hydrogen-bond donors (Lipinski definition) is 1. The molecule has 0 bridgehead atoms. The Labute approximate surface area is 211 Å². The average molecular weight is 495 g/mol. The van der Waals surface area contributed by atoms with Crippen LogP contribution in [0.25, 0.3) is 10.8 Å². The smallest absolute Gasteiger partial charge is 0.104 e. The number of pyridine rings is 1. The summed E-state index contributed by atoms with van der Waals surface area (Å²) in [5, 5.41) is 4.12. The van der Waals surface area contributed by atoms with E-state index in [2.05, 4.69) is 85.1 Å². The fraction of sp³-hybridized carbons (Fsp3) is 0.250. The molecule has 4 aromatic rings. The molecule has 1 atom stereocenters. The Bertz CT molecular complexity index is 1190. The molecule has 1 N–H and O–H groups in total. The lowest BCUT2D eigenvalue weighted by atomic mass is 10.0. The van der Waals surface area contributed by atoms with E-state index in [1.807, 2.05) is 32.2 Å². The van der Waals surface area contributed by atoms with Gasteiger partial charge in [0.25, 0.3) is 0 Å². The highest BCUT2D eigenvalue weighted by atomic mass is 35.5. The van der Waals surface area contributed by atoms with Gasteiger partial charge in [0, 0.05) is 32.4 Å². The van der Waals surface area contributed by atoms with E-state index in [0.29, 0.717) is 0 Å². The monoisotopic (exact) mass is 494 g/mol. The van der Waals surface area contributed by atoms with Crippen molar-refractivity contribution in [1.82, 2.24) is 9.71 Å². The number of halogens is 1. The summed E-state index contributed by atoms with van der Waals surface area (Å²) in [7, 11) is 0. The summed E-state index contributed by atoms with van der Waals surface area (Å²) < 4.78 is 3.61. The van der Waals surface area contributed by atoms with Crippen molar-refractivity contribution in [2.75, 3.05) is 0 Å². The lowest BCUT2D eigenvalue weighted by Crippen LogP contribution is -2.13. The summed E-state index contributed by atoms with van der Waals surface area (Å²) in [6, 6.07) is 23.4. The number of nitrogens with zero attached hydrogens (tertiary/aromatic N) is 1. The van der Waals surface area contributed by atoms with Crippen LogP contribution >= 0.6 is 35.3 Å². The van der Waals surface area contributed by atoms with Crippen LogP contribution in [0.4, 0.5) is 0 Å². The average Bonchev–Trinajstić information content (AvgIpc) is 2.85. The lowest BCUT2D eigenvalue weighted by molar-refractivity contribution is 0.730. The number of aromatic nitrogens is 1. The normalized spacial score (nSPS) is 11.7. The minimum Gasteiger partial charge on any atom is -0.253 e. The maximum atomic E-state index is 6.30. The molecule has 3 aromatic carbocycles. The van der Waals surface area contributed by atoms with E-state index in [1.165, 1.54) is 26.5 Å². The van der Waals surface area contributed by atoms with Crippen LogP contribution in [-0.4, -0.2) is 4.98 Å². The number of fused-ring (bicyclic) bond motifs is 1. The van der Waals surface area contributed by atoms with Crippen molar-refractivity contribution >= 4 is 46.1 Å². The third-order valence-electron chi connectivity index (χ3n) is 5.26. The predicted octanol–water partition coefficient (Wildman–Crippen LogP) is 9.29. The van der Waals surface area contributed by atoms with Crippen LogP contribution < -0.4 is 4.72 Å². The molecule has 0 aliphatic heterocycles. The van der Waals surface area contributed by atoms with Crippen LogP contribution in [0.5, 0.6) is 0 Å². The highest BCUT2D eigenvalue weighted by Crippen LogP contribution is 2.34. The molecule has 172 valence electrons. The molecule has 1 aromatic heterocycles. The number of rotatable bonds is 7. The Morgan fingerprint density at radius 1 is 0.970 bits per heavy atom. The molecule has 0 aliphatic carbocycles. The molecule has 5 heteroatoms. The van der Waals surface area contributed by atoms with Crippen molar-refractivity contribution in [3.05, 3.63) is 94.6 Å². The van der Waals surface area contributed by atoms with E-state index in [4.69, 9.17) is 11.6 Å². The van der Waals surface area contributed by atoms with Crippen LogP contribution in [0.15, 0.2) is 87.7 Å². The molecular formula is C28H31ClN2S2. The van der Waals surface area contributed by atoms with Gasteiger partial charge in [-0.3, -0.25) is 4.72 Å². The fourth-order valence-corrected chi connectivity index (χ4v) is 5.56. The zero-order valence-electron chi connectivity index (χ0n) is 19.9. The first-order chi connectivity index (χ1) is 16.0. The summed E-state index contributed by atoms with van der Waals surface area (Å²) in [6.45, 7) is 10.5. The van der Waals surface area contributed by atoms with Crippen LogP contribution in [0, 0.1) is 6.92 Å². The van der Waals surface area contributed by atoms with Crippen LogP contribution in [-0.2, 0) is 6.42 Å². The second kappa shape index (κ2) is 12.5. The van der Waals surface area contributed by atoms with Crippen molar-refractivity contribution < 1.29 is 0 Å². The molecule has 4 rings (SSSR count). The molecule has 0 spiro atoms. The minimum atomic E-state index is 0.190. The van der Waals surface area contributed by atoms with E-state index in [9.17, 15) is 0 Å². The second-order valence-corrected chi connectivity index (χ2v) is 9.90. The molecule has 2 nitrogen and oxygen atoms in total. The van der Waals surface area contributed by atoms with Crippen LogP contribution in [0.1, 0.15) is 50.4 Å². The van der Waals surface area contributed by atoms with Gasteiger partial charge < -0.3 is 0 Å². The van der Waals surface area contributed by atoms with Crippen molar-refractivity contribution in [3.63, 3.8) is 0 Å². The number of hydrogen-bond acceptors (Lipinski definition) is 4. The third-order valence-corrected chi connectivity index (χ3v) is 7.60. The summed E-state index contributed by atoms with van der Waals surface area (Å²) in [5.41, 5.74) is 3.87. The quantitative estimate of drug-likeness (QED) is 0.259. The van der Waals surface area contributed by atoms with E-state index in [0.717, 1.165) is 27.2 Å². The first kappa shape index (κ1) is 25.6. The summed E-state index contributed by atoms with van der Waals surface area (Å²) in [4.78, 5) is 7.07. The molecule has 0 amide bonds. The van der Waals surface area contributed by atoms with E-state index in [1.54, 1.807) is 23.7 Å². The number of benzene rings is 3. The van der Waals surface area contributed by atoms with Gasteiger partial charge in [-0.1, -0.05) is 80.0 Å². The number of nitrogens with one attached hydrogen (secondary N) is 1. The maximum Gasteiger partial charge on any atom is 0.104 e. The molecule has 1 unspecified atom stereocenters. The Balaban J connectivity index is 0.00000149. The minimum absolute atomic E-state index is 0.190. The van der Waals surface area contributed by atoms with Crippen LogP contribution in [0.2, 0.25) is 5.02 Å². The summed E-state index contributed by atoms with van der Waals surface area (Å²) in [5.74, 6) is 0. The van der Waals surface area contributed by atoms with E-state index in [-0.39, 0.29) is 6.04 Å². The molecule has 33 heavy (non-hydrogen) atoms. The van der Waals surface area contributed by atoms with E-state index >= 15 is 0 Å². The summed E-state index contributed by atoms with van der Waals surface area (Å²) in [6.07, 6.45) is 2.87. The van der Waals surface area contributed by atoms with Gasteiger partial charge in [0.05, 0.1) is 0 Å². The predicted molar refractivity (Wildman–Crippen MR) is 147 cm³/mol. The molecular weight excluding hydrogens is 464 g/mol. The van der Waals surface area contributed by atoms with E-state index < -0.39 is 0 Å². The lowest BCUT2D eigenvalue weighted by Gasteiger charge is -2.19. The van der Waals surface area contributed by atoms with Crippen molar-refractivity contribution in [2.45, 2.75) is 61.9 Å². The van der Waals surface area contributed by atoms with Gasteiger partial charge in [-0.05, 0) is 85.1 Å². The Hall–Kier alpha value is -1.98. The van der Waals surface area contributed by atoms with Gasteiger partial charge in [-0.15, -0.1) is 0 Å². The molecule has 0 aliphatic rings. The molecule has 0 radical (unpaired) electrons. The molecule has 1 heterocycles. The third kappa shape index (κ3) is 6.54. The number of aryl methyl sites for hydroxylation is 1. The zero-order valence-corrected chi connectivity index (χ0v) is 22.2. The van der Waals surface area contributed by atoms with Gasteiger partial charge in [0.15, 0.2) is 0 Å². The Morgan fingerprint density at radius 2 is 1.70 bits per heavy atom. The van der Waals surface area contributed by atoms with Gasteiger partial charge in [0.2, 0.25) is 0 Å². The van der Waals surface area contributed by atoms with Gasteiger partial charge >= 0.3 is 0 Å². The van der Waals surface area contributed by atoms with Crippen molar-refractivity contribution in [2.24, 2.45) is 0 Å². The first-order valence-electron chi connectivity index (χ1n) is 11.4. The topological polar surface area (TPSA) is 24.9 Å².